The number of carboxylic acids is 1. The molecule has 0 bridgehead atoms. The molecule has 0 fully saturated rings. The normalized spacial score (nSPS) is 10.3. The molecule has 2 aromatic rings. The summed E-state index contributed by atoms with van der Waals surface area (Å²) in [7, 11) is 0. The number of carbonyl (C=O) groups is 1. The summed E-state index contributed by atoms with van der Waals surface area (Å²) >= 11 is 3.28. The van der Waals surface area contributed by atoms with Crippen LogP contribution in [0.4, 0.5) is 5.69 Å². The van der Waals surface area contributed by atoms with Crippen molar-refractivity contribution in [2.24, 2.45) is 0 Å². The molecule has 0 saturated heterocycles. The number of hydrogen-bond acceptors (Lipinski definition) is 3. The highest BCUT2D eigenvalue weighted by atomic mass is 79.9. The molecule has 0 aromatic heterocycles. The van der Waals surface area contributed by atoms with Crippen LogP contribution in [0.1, 0.15) is 10.4 Å². The van der Waals surface area contributed by atoms with E-state index >= 15 is 0 Å². The van der Waals surface area contributed by atoms with Gasteiger partial charge in [-0.3, -0.25) is 0 Å². The second-order valence-electron chi connectivity index (χ2n) is 3.78. The molecule has 0 saturated carbocycles. The van der Waals surface area contributed by atoms with Crippen molar-refractivity contribution in [1.82, 2.24) is 0 Å². The van der Waals surface area contributed by atoms with Crippen LogP contribution in [0.15, 0.2) is 40.9 Å². The molecule has 0 aliphatic rings. The van der Waals surface area contributed by atoms with E-state index in [4.69, 9.17) is 10.8 Å². The van der Waals surface area contributed by atoms with Crippen LogP contribution in [-0.2, 0) is 0 Å². The number of benzene rings is 2. The van der Waals surface area contributed by atoms with Crippen molar-refractivity contribution in [1.29, 1.82) is 0 Å². The van der Waals surface area contributed by atoms with E-state index in [1.807, 2.05) is 0 Å². The van der Waals surface area contributed by atoms with Crippen LogP contribution in [0.2, 0.25) is 0 Å². The number of aromatic carboxylic acids is 1. The van der Waals surface area contributed by atoms with Gasteiger partial charge < -0.3 is 15.9 Å². The van der Waals surface area contributed by atoms with Crippen molar-refractivity contribution < 1.29 is 15.0 Å². The molecule has 18 heavy (non-hydrogen) atoms. The van der Waals surface area contributed by atoms with E-state index in [2.05, 4.69) is 15.9 Å². The zero-order chi connectivity index (χ0) is 13.3. The van der Waals surface area contributed by atoms with Gasteiger partial charge in [-0.15, -0.1) is 0 Å². The van der Waals surface area contributed by atoms with E-state index in [1.54, 1.807) is 24.3 Å². The Morgan fingerprint density at radius 1 is 1.22 bits per heavy atom. The minimum absolute atomic E-state index is 0.0549. The molecule has 5 heteroatoms. The van der Waals surface area contributed by atoms with Crippen molar-refractivity contribution in [2.45, 2.75) is 0 Å². The van der Waals surface area contributed by atoms with Crippen LogP contribution < -0.4 is 5.73 Å². The van der Waals surface area contributed by atoms with Gasteiger partial charge in [-0.1, -0.05) is 28.1 Å². The number of carboxylic acid groups (broad SMARTS) is 1. The molecule has 4 N–H and O–H groups in total. The SMILES string of the molecule is Nc1cc(Br)cc(-c2cccc(C(=O)O)c2)c1O. The van der Waals surface area contributed by atoms with Gasteiger partial charge in [0.1, 0.15) is 5.75 Å². The van der Waals surface area contributed by atoms with Crippen LogP contribution in [0.3, 0.4) is 0 Å². The maximum Gasteiger partial charge on any atom is 0.335 e. The first-order valence-corrected chi connectivity index (χ1v) is 5.90. The molecule has 0 aliphatic heterocycles. The summed E-state index contributed by atoms with van der Waals surface area (Å²) in [4.78, 5) is 10.9. The van der Waals surface area contributed by atoms with Gasteiger partial charge in [0.2, 0.25) is 0 Å². The summed E-state index contributed by atoms with van der Waals surface area (Å²) in [6, 6.07) is 9.59. The Balaban J connectivity index is 2.62. The first-order chi connectivity index (χ1) is 8.49. The molecule has 0 radical (unpaired) electrons. The quantitative estimate of drug-likeness (QED) is 0.588. The summed E-state index contributed by atoms with van der Waals surface area (Å²) in [5.41, 5.74) is 7.14. The topological polar surface area (TPSA) is 83.6 Å². The number of nitrogens with two attached hydrogens (primary N) is 1. The van der Waals surface area contributed by atoms with Crippen molar-refractivity contribution in [2.75, 3.05) is 5.73 Å². The first-order valence-electron chi connectivity index (χ1n) is 5.11. The van der Waals surface area contributed by atoms with Gasteiger partial charge >= 0.3 is 5.97 Å². The highest BCUT2D eigenvalue weighted by Gasteiger charge is 2.11. The molecule has 0 spiro atoms. The molecule has 0 unspecified atom stereocenters. The van der Waals surface area contributed by atoms with Crippen LogP contribution in [0.25, 0.3) is 11.1 Å². The van der Waals surface area contributed by atoms with E-state index in [1.165, 1.54) is 12.1 Å². The third kappa shape index (κ3) is 2.31. The summed E-state index contributed by atoms with van der Waals surface area (Å²) in [6.45, 7) is 0. The highest BCUT2D eigenvalue weighted by molar-refractivity contribution is 9.10. The lowest BCUT2D eigenvalue weighted by molar-refractivity contribution is 0.0697. The fourth-order valence-corrected chi connectivity index (χ4v) is 2.14. The van der Waals surface area contributed by atoms with Gasteiger partial charge in [-0.05, 0) is 29.8 Å². The van der Waals surface area contributed by atoms with Gasteiger partial charge in [-0.25, -0.2) is 4.79 Å². The lowest BCUT2D eigenvalue weighted by Crippen LogP contribution is -1.96. The minimum atomic E-state index is -1.01. The lowest BCUT2D eigenvalue weighted by atomic mass is 10.0. The smallest absolute Gasteiger partial charge is 0.335 e. The Kier molecular flexibility index (Phi) is 3.25. The fourth-order valence-electron chi connectivity index (χ4n) is 1.66. The highest BCUT2D eigenvalue weighted by Crippen LogP contribution is 2.37. The van der Waals surface area contributed by atoms with E-state index in [-0.39, 0.29) is 17.0 Å². The molecule has 2 rings (SSSR count). The number of halogens is 1. The predicted octanol–water partition coefficient (Wildman–Crippen LogP) is 3.10. The van der Waals surface area contributed by atoms with Crippen molar-refractivity contribution in [3.8, 4) is 16.9 Å². The summed E-state index contributed by atoms with van der Waals surface area (Å²) < 4.78 is 0.716. The third-order valence-corrected chi connectivity index (χ3v) is 2.98. The van der Waals surface area contributed by atoms with E-state index in [0.29, 0.717) is 15.6 Å². The van der Waals surface area contributed by atoms with Crippen LogP contribution in [0.5, 0.6) is 5.75 Å². The average Bonchev–Trinajstić information content (AvgIpc) is 2.34. The number of nitrogen functional groups attached to an aromatic ring is 1. The molecule has 0 atom stereocenters. The number of phenols is 1. The monoisotopic (exact) mass is 307 g/mol. The van der Waals surface area contributed by atoms with Gasteiger partial charge in [0, 0.05) is 10.0 Å². The minimum Gasteiger partial charge on any atom is -0.505 e. The van der Waals surface area contributed by atoms with Gasteiger partial charge in [0.25, 0.3) is 0 Å². The largest absolute Gasteiger partial charge is 0.505 e. The number of rotatable bonds is 2. The summed E-state index contributed by atoms with van der Waals surface area (Å²) in [5.74, 6) is -1.07. The lowest BCUT2D eigenvalue weighted by Gasteiger charge is -2.09. The Hall–Kier alpha value is -2.01. The van der Waals surface area contributed by atoms with E-state index in [9.17, 15) is 9.90 Å². The van der Waals surface area contributed by atoms with Crippen LogP contribution in [0, 0.1) is 0 Å². The van der Waals surface area contributed by atoms with Crippen LogP contribution >= 0.6 is 15.9 Å². The van der Waals surface area contributed by atoms with Gasteiger partial charge in [-0.2, -0.15) is 0 Å². The Morgan fingerprint density at radius 3 is 2.61 bits per heavy atom. The molecule has 0 heterocycles. The second-order valence-corrected chi connectivity index (χ2v) is 4.69. The Bertz CT molecular complexity index is 626. The van der Waals surface area contributed by atoms with Crippen LogP contribution in [-0.4, -0.2) is 16.2 Å². The zero-order valence-corrected chi connectivity index (χ0v) is 10.8. The molecule has 92 valence electrons. The second kappa shape index (κ2) is 4.70. The van der Waals surface area contributed by atoms with E-state index in [0.717, 1.165) is 0 Å². The molecule has 2 aromatic carbocycles. The van der Waals surface area contributed by atoms with Crippen molar-refractivity contribution in [3.05, 3.63) is 46.4 Å². The van der Waals surface area contributed by atoms with Gasteiger partial charge in [0.15, 0.2) is 0 Å². The number of hydrogen-bond donors (Lipinski definition) is 3. The fraction of sp³-hybridized carbons (Fsp3) is 0. The third-order valence-electron chi connectivity index (χ3n) is 2.52. The average molecular weight is 308 g/mol. The predicted molar refractivity (Wildman–Crippen MR) is 72.6 cm³/mol. The molecular weight excluding hydrogens is 298 g/mol. The van der Waals surface area contributed by atoms with Crippen molar-refractivity contribution >= 4 is 27.6 Å². The van der Waals surface area contributed by atoms with Crippen molar-refractivity contribution in [3.63, 3.8) is 0 Å². The number of aromatic hydroxyl groups is 1. The standard InChI is InChI=1S/C13H10BrNO3/c14-9-5-10(12(16)11(15)6-9)7-2-1-3-8(4-7)13(17)18/h1-6,16H,15H2,(H,17,18). The summed E-state index contributed by atoms with van der Waals surface area (Å²) in [5, 5.41) is 18.8. The molecule has 0 amide bonds. The van der Waals surface area contributed by atoms with E-state index < -0.39 is 5.97 Å². The first kappa shape index (κ1) is 12.4. The summed E-state index contributed by atoms with van der Waals surface area (Å²) in [6.07, 6.45) is 0. The number of anilines is 1. The molecule has 4 nitrogen and oxygen atoms in total. The van der Waals surface area contributed by atoms with Gasteiger partial charge in [0.05, 0.1) is 11.3 Å². The zero-order valence-electron chi connectivity index (χ0n) is 9.22. The number of phenolic OH excluding ortho intramolecular Hbond substituents is 1. The molecular formula is C13H10BrNO3. The maximum atomic E-state index is 10.9. The Morgan fingerprint density at radius 2 is 1.94 bits per heavy atom. The molecule has 0 aliphatic carbocycles. The Labute approximate surface area is 112 Å². The maximum absolute atomic E-state index is 10.9.